The summed E-state index contributed by atoms with van der Waals surface area (Å²) in [6.07, 6.45) is 0.853. The Labute approximate surface area is 139 Å². The van der Waals surface area contributed by atoms with E-state index in [1.807, 2.05) is 18.4 Å². The molecule has 2 amide bonds. The number of thiophene rings is 1. The smallest absolute Gasteiger partial charge is 0.335 e. The number of nitrogens with zero attached hydrogens (tertiary/aromatic N) is 1. The van der Waals surface area contributed by atoms with Crippen LogP contribution >= 0.6 is 11.3 Å². The van der Waals surface area contributed by atoms with Gasteiger partial charge in [0.25, 0.3) is 0 Å². The number of hydrogen-bond donors (Lipinski definition) is 2. The van der Waals surface area contributed by atoms with Gasteiger partial charge in [0.2, 0.25) is 0 Å². The molecule has 0 unspecified atom stereocenters. The predicted octanol–water partition coefficient (Wildman–Crippen LogP) is 3.22. The minimum Gasteiger partial charge on any atom is -0.478 e. The van der Waals surface area contributed by atoms with Crippen LogP contribution in [0.15, 0.2) is 41.8 Å². The van der Waals surface area contributed by atoms with E-state index in [-0.39, 0.29) is 11.6 Å². The zero-order valence-corrected chi connectivity index (χ0v) is 13.8. The average Bonchev–Trinajstić information content (AvgIpc) is 3.07. The van der Waals surface area contributed by atoms with Crippen molar-refractivity contribution in [3.63, 3.8) is 0 Å². The first-order valence-corrected chi connectivity index (χ1v) is 8.35. The maximum atomic E-state index is 12.2. The van der Waals surface area contributed by atoms with E-state index < -0.39 is 5.97 Å². The molecule has 122 valence electrons. The molecule has 5 nitrogen and oxygen atoms in total. The van der Waals surface area contributed by atoms with Gasteiger partial charge in [0, 0.05) is 24.5 Å². The number of benzene rings is 1. The highest BCUT2D eigenvalue weighted by atomic mass is 32.1. The molecular formula is C17H20N2O3S. The number of urea groups is 1. The van der Waals surface area contributed by atoms with Crippen LogP contribution < -0.4 is 5.32 Å². The van der Waals surface area contributed by atoms with Gasteiger partial charge in [0.15, 0.2) is 0 Å². The molecule has 0 bridgehead atoms. The summed E-state index contributed by atoms with van der Waals surface area (Å²) in [5.74, 6) is -0.952. The van der Waals surface area contributed by atoms with Gasteiger partial charge in [0.05, 0.1) is 5.56 Å². The highest BCUT2D eigenvalue weighted by Gasteiger charge is 2.11. The van der Waals surface area contributed by atoms with E-state index in [9.17, 15) is 9.59 Å². The Morgan fingerprint density at radius 3 is 2.52 bits per heavy atom. The minimum atomic E-state index is -0.952. The Morgan fingerprint density at radius 2 is 1.96 bits per heavy atom. The van der Waals surface area contributed by atoms with Crippen LogP contribution in [0.25, 0.3) is 0 Å². The number of likely N-dealkylation sites (N-methyl/N-ethyl adjacent to an activating group) is 1. The van der Waals surface area contributed by atoms with Crippen molar-refractivity contribution in [2.75, 3.05) is 13.1 Å². The quantitative estimate of drug-likeness (QED) is 0.818. The summed E-state index contributed by atoms with van der Waals surface area (Å²) in [7, 11) is 0. The lowest BCUT2D eigenvalue weighted by Gasteiger charge is -2.21. The van der Waals surface area contributed by atoms with Crippen LogP contribution in [0.1, 0.15) is 27.7 Å². The number of aromatic carboxylic acids is 1. The van der Waals surface area contributed by atoms with Gasteiger partial charge in [-0.1, -0.05) is 18.2 Å². The highest BCUT2D eigenvalue weighted by Crippen LogP contribution is 2.10. The number of carboxylic acid groups (broad SMARTS) is 1. The Morgan fingerprint density at radius 1 is 1.22 bits per heavy atom. The summed E-state index contributed by atoms with van der Waals surface area (Å²) in [4.78, 5) is 26.0. The van der Waals surface area contributed by atoms with E-state index in [0.717, 1.165) is 12.0 Å². The van der Waals surface area contributed by atoms with Gasteiger partial charge in [-0.15, -0.1) is 11.3 Å². The molecule has 6 heteroatoms. The van der Waals surface area contributed by atoms with Gasteiger partial charge in [-0.2, -0.15) is 0 Å². The molecule has 2 rings (SSSR count). The van der Waals surface area contributed by atoms with Gasteiger partial charge >= 0.3 is 12.0 Å². The molecule has 1 heterocycles. The molecular weight excluding hydrogens is 312 g/mol. The number of nitrogens with one attached hydrogen (secondary N) is 1. The Hall–Kier alpha value is -2.34. The molecule has 23 heavy (non-hydrogen) atoms. The van der Waals surface area contributed by atoms with Crippen molar-refractivity contribution in [1.82, 2.24) is 10.2 Å². The van der Waals surface area contributed by atoms with Gasteiger partial charge in [-0.25, -0.2) is 9.59 Å². The molecule has 1 aromatic heterocycles. The summed E-state index contributed by atoms with van der Waals surface area (Å²) in [6, 6.07) is 10.5. The monoisotopic (exact) mass is 332 g/mol. The lowest BCUT2D eigenvalue weighted by atomic mass is 10.1. The minimum absolute atomic E-state index is 0.105. The maximum absolute atomic E-state index is 12.2. The zero-order valence-electron chi connectivity index (χ0n) is 13.0. The second-order valence-electron chi connectivity index (χ2n) is 5.07. The van der Waals surface area contributed by atoms with Crippen LogP contribution in [0.3, 0.4) is 0 Å². The van der Waals surface area contributed by atoms with Crippen molar-refractivity contribution in [2.24, 2.45) is 0 Å². The van der Waals surface area contributed by atoms with Gasteiger partial charge < -0.3 is 15.3 Å². The van der Waals surface area contributed by atoms with E-state index in [0.29, 0.717) is 19.6 Å². The molecule has 0 aliphatic rings. The van der Waals surface area contributed by atoms with Crippen LogP contribution in [0.5, 0.6) is 0 Å². The Kier molecular flexibility index (Phi) is 6.17. The van der Waals surface area contributed by atoms with E-state index in [1.165, 1.54) is 17.0 Å². The standard InChI is InChI=1S/C17H20N2O3S/c1-2-19(10-9-15-4-3-11-23-15)17(22)18-12-13-5-7-14(8-6-13)16(20)21/h3-8,11H,2,9-10,12H2,1H3,(H,18,22)(H,20,21). The first-order chi connectivity index (χ1) is 11.1. The van der Waals surface area contributed by atoms with Gasteiger partial charge in [-0.3, -0.25) is 0 Å². The van der Waals surface area contributed by atoms with Crippen molar-refractivity contribution >= 4 is 23.3 Å². The highest BCUT2D eigenvalue weighted by molar-refractivity contribution is 7.09. The van der Waals surface area contributed by atoms with Crippen LogP contribution in [-0.4, -0.2) is 35.1 Å². The zero-order chi connectivity index (χ0) is 16.7. The third-order valence-electron chi connectivity index (χ3n) is 3.52. The molecule has 0 radical (unpaired) electrons. The van der Waals surface area contributed by atoms with Crippen molar-refractivity contribution in [1.29, 1.82) is 0 Å². The first-order valence-electron chi connectivity index (χ1n) is 7.47. The third kappa shape index (κ3) is 5.10. The number of carbonyl (C=O) groups excluding carboxylic acids is 1. The average molecular weight is 332 g/mol. The van der Waals surface area contributed by atoms with Gasteiger partial charge in [-0.05, 0) is 42.5 Å². The summed E-state index contributed by atoms with van der Waals surface area (Å²) in [6.45, 7) is 3.67. The van der Waals surface area contributed by atoms with Crippen molar-refractivity contribution in [3.05, 3.63) is 57.8 Å². The fraction of sp³-hybridized carbons (Fsp3) is 0.294. The fourth-order valence-corrected chi connectivity index (χ4v) is 2.86. The molecule has 2 N–H and O–H groups in total. The van der Waals surface area contributed by atoms with Crippen molar-refractivity contribution in [2.45, 2.75) is 19.9 Å². The molecule has 0 saturated carbocycles. The van der Waals surface area contributed by atoms with E-state index in [2.05, 4.69) is 11.4 Å². The van der Waals surface area contributed by atoms with Crippen molar-refractivity contribution < 1.29 is 14.7 Å². The molecule has 0 aliphatic carbocycles. The lowest BCUT2D eigenvalue weighted by Crippen LogP contribution is -2.40. The normalized spacial score (nSPS) is 10.3. The van der Waals surface area contributed by atoms with Crippen LogP contribution in [-0.2, 0) is 13.0 Å². The van der Waals surface area contributed by atoms with Crippen LogP contribution in [0.2, 0.25) is 0 Å². The fourth-order valence-electron chi connectivity index (χ4n) is 2.16. The van der Waals surface area contributed by atoms with Crippen molar-refractivity contribution in [3.8, 4) is 0 Å². The van der Waals surface area contributed by atoms with Crippen LogP contribution in [0, 0.1) is 0 Å². The Balaban J connectivity index is 1.83. The second kappa shape index (κ2) is 8.33. The number of rotatable bonds is 7. The van der Waals surface area contributed by atoms with Gasteiger partial charge in [0.1, 0.15) is 0 Å². The summed E-state index contributed by atoms with van der Waals surface area (Å²) >= 11 is 1.69. The first kappa shape index (κ1) is 17.0. The van der Waals surface area contributed by atoms with Crippen LogP contribution in [0.4, 0.5) is 4.79 Å². The molecule has 2 aromatic rings. The topological polar surface area (TPSA) is 69.6 Å². The molecule has 0 spiro atoms. The van der Waals surface area contributed by atoms with E-state index >= 15 is 0 Å². The summed E-state index contributed by atoms with van der Waals surface area (Å²) in [5, 5.41) is 13.8. The number of amides is 2. The summed E-state index contributed by atoms with van der Waals surface area (Å²) in [5.41, 5.74) is 1.11. The number of hydrogen-bond acceptors (Lipinski definition) is 3. The summed E-state index contributed by atoms with van der Waals surface area (Å²) < 4.78 is 0. The van der Waals surface area contributed by atoms with E-state index in [4.69, 9.17) is 5.11 Å². The largest absolute Gasteiger partial charge is 0.478 e. The van der Waals surface area contributed by atoms with E-state index in [1.54, 1.807) is 28.4 Å². The molecule has 0 saturated heterocycles. The third-order valence-corrected chi connectivity index (χ3v) is 4.46. The predicted molar refractivity (Wildman–Crippen MR) is 90.9 cm³/mol. The Bertz CT molecular complexity index is 638. The second-order valence-corrected chi connectivity index (χ2v) is 6.10. The maximum Gasteiger partial charge on any atom is 0.335 e. The lowest BCUT2D eigenvalue weighted by molar-refractivity contribution is 0.0697. The molecule has 1 aromatic carbocycles. The molecule has 0 aliphatic heterocycles. The molecule has 0 atom stereocenters. The number of carbonyl (C=O) groups is 2. The number of carboxylic acids is 1. The molecule has 0 fully saturated rings. The SMILES string of the molecule is CCN(CCc1cccs1)C(=O)NCc1ccc(C(=O)O)cc1.